The number of fused-ring (bicyclic) bond motifs is 2. The van der Waals surface area contributed by atoms with Crippen LogP contribution in [-0.4, -0.2) is 18.7 Å². The fourth-order valence-corrected chi connectivity index (χ4v) is 3.88. The van der Waals surface area contributed by atoms with Crippen LogP contribution in [0.15, 0.2) is 77.9 Å². The molecule has 31 heavy (non-hydrogen) atoms. The van der Waals surface area contributed by atoms with Crippen molar-refractivity contribution in [3.8, 4) is 5.75 Å². The van der Waals surface area contributed by atoms with E-state index < -0.39 is 0 Å². The molecule has 0 unspecified atom stereocenters. The first-order valence-electron chi connectivity index (χ1n) is 9.92. The molecule has 4 nitrogen and oxygen atoms in total. The minimum atomic E-state index is -0.174. The van der Waals surface area contributed by atoms with Crippen molar-refractivity contribution < 1.29 is 9.53 Å². The first kappa shape index (κ1) is 21.2. The van der Waals surface area contributed by atoms with Crippen molar-refractivity contribution in [2.75, 3.05) is 6.61 Å². The summed E-state index contributed by atoms with van der Waals surface area (Å²) in [6.45, 7) is 0.368. The van der Waals surface area contributed by atoms with E-state index in [1.165, 1.54) is 0 Å². The van der Waals surface area contributed by atoms with Gasteiger partial charge in [-0.3, -0.25) is 4.79 Å². The molecule has 0 saturated heterocycles. The summed E-state index contributed by atoms with van der Waals surface area (Å²) in [5, 5.41) is 9.64. The largest absolute Gasteiger partial charge is 0.492 e. The summed E-state index contributed by atoms with van der Waals surface area (Å²) < 4.78 is 5.60. The van der Waals surface area contributed by atoms with Gasteiger partial charge in [0.15, 0.2) is 0 Å². The lowest BCUT2D eigenvalue weighted by atomic mass is 9.97. The van der Waals surface area contributed by atoms with Crippen molar-refractivity contribution in [3.63, 3.8) is 0 Å². The number of benzene rings is 4. The van der Waals surface area contributed by atoms with E-state index >= 15 is 0 Å². The summed E-state index contributed by atoms with van der Waals surface area (Å²) in [6.07, 6.45) is 2.54. The van der Waals surface area contributed by atoms with Crippen molar-refractivity contribution in [2.45, 2.75) is 12.8 Å². The first-order valence-corrected chi connectivity index (χ1v) is 10.7. The quantitative estimate of drug-likeness (QED) is 0.149. The normalized spacial score (nSPS) is 11.3. The van der Waals surface area contributed by atoms with Crippen LogP contribution in [0.25, 0.3) is 21.5 Å². The molecular weight excluding hydrogens is 431 g/mol. The number of carbonyl (C=O) groups is 1. The van der Waals surface area contributed by atoms with E-state index in [1.807, 2.05) is 24.3 Å². The Labute approximate surface area is 190 Å². The van der Waals surface area contributed by atoms with Crippen molar-refractivity contribution in [2.24, 2.45) is 5.10 Å². The Bertz CT molecular complexity index is 1220. The number of carbonyl (C=O) groups excluding carboxylic acids is 1. The molecule has 1 amide bonds. The third kappa shape index (κ3) is 5.16. The lowest BCUT2D eigenvalue weighted by Crippen LogP contribution is -2.18. The molecule has 0 fully saturated rings. The summed E-state index contributed by atoms with van der Waals surface area (Å²) >= 11 is 11.9. The number of nitrogens with zero attached hydrogens (tertiary/aromatic N) is 1. The summed E-state index contributed by atoms with van der Waals surface area (Å²) in [5.41, 5.74) is 3.59. The third-order valence-corrected chi connectivity index (χ3v) is 5.43. The Hall–Kier alpha value is -3.08. The third-order valence-electron chi connectivity index (χ3n) is 4.90. The predicted molar refractivity (Wildman–Crippen MR) is 128 cm³/mol. The van der Waals surface area contributed by atoms with Gasteiger partial charge in [0, 0.05) is 17.0 Å². The first-order chi connectivity index (χ1) is 15.1. The molecule has 0 aliphatic heterocycles. The van der Waals surface area contributed by atoms with Gasteiger partial charge in [0.2, 0.25) is 5.91 Å². The lowest BCUT2D eigenvalue weighted by Gasteiger charge is -2.08. The second-order valence-electron chi connectivity index (χ2n) is 7.05. The van der Waals surface area contributed by atoms with E-state index in [1.54, 1.807) is 24.4 Å². The monoisotopic (exact) mass is 450 g/mol. The van der Waals surface area contributed by atoms with Gasteiger partial charge in [0.1, 0.15) is 5.75 Å². The molecule has 0 saturated carbocycles. The highest BCUT2D eigenvalue weighted by Crippen LogP contribution is 2.28. The van der Waals surface area contributed by atoms with Gasteiger partial charge < -0.3 is 4.74 Å². The van der Waals surface area contributed by atoms with Crippen molar-refractivity contribution >= 4 is 56.9 Å². The molecule has 4 aromatic carbocycles. The molecule has 156 valence electrons. The molecule has 0 aliphatic rings. The number of hydrazone groups is 1. The molecule has 0 atom stereocenters. The van der Waals surface area contributed by atoms with Crippen LogP contribution in [0.1, 0.15) is 18.4 Å². The second kappa shape index (κ2) is 9.82. The van der Waals surface area contributed by atoms with Crippen molar-refractivity contribution in [1.29, 1.82) is 0 Å². The number of halogens is 2. The van der Waals surface area contributed by atoms with E-state index in [0.29, 0.717) is 35.2 Å². The van der Waals surface area contributed by atoms with E-state index in [9.17, 15) is 4.79 Å². The fourth-order valence-electron chi connectivity index (χ4n) is 3.42. The van der Waals surface area contributed by atoms with Gasteiger partial charge >= 0.3 is 0 Å². The second-order valence-corrected chi connectivity index (χ2v) is 7.90. The SMILES string of the molecule is O=C(CCCOc1ccc(Cl)cc1Cl)N/N=C/c1c2ccccc2cc2ccccc12. The standard InChI is InChI=1S/C25H20Cl2N2O2/c26-19-11-12-24(23(27)15-19)31-13-5-10-25(30)29-28-16-22-20-8-3-1-6-17(20)14-18-7-2-4-9-21(18)22/h1-4,6-9,11-12,14-16H,5,10,13H2,(H,29,30)/b28-16+. The zero-order valence-electron chi connectivity index (χ0n) is 16.6. The van der Waals surface area contributed by atoms with Crippen LogP contribution in [0, 0.1) is 0 Å². The van der Waals surface area contributed by atoms with E-state index in [2.05, 4.69) is 40.9 Å². The van der Waals surface area contributed by atoms with E-state index in [-0.39, 0.29) is 5.91 Å². The molecule has 0 radical (unpaired) electrons. The van der Waals surface area contributed by atoms with Crippen LogP contribution in [0.5, 0.6) is 5.75 Å². The molecule has 0 heterocycles. The molecule has 6 heteroatoms. The van der Waals surface area contributed by atoms with Gasteiger partial charge in [-0.2, -0.15) is 5.10 Å². The smallest absolute Gasteiger partial charge is 0.240 e. The maximum Gasteiger partial charge on any atom is 0.240 e. The number of amides is 1. The number of hydrogen-bond donors (Lipinski definition) is 1. The van der Waals surface area contributed by atoms with Crippen LogP contribution in [0.3, 0.4) is 0 Å². The van der Waals surface area contributed by atoms with E-state index in [0.717, 1.165) is 27.1 Å². The minimum Gasteiger partial charge on any atom is -0.492 e. The molecule has 0 spiro atoms. The van der Waals surface area contributed by atoms with Gasteiger partial charge in [0.25, 0.3) is 0 Å². The maximum absolute atomic E-state index is 12.2. The van der Waals surface area contributed by atoms with Gasteiger partial charge in [-0.1, -0.05) is 71.7 Å². The Balaban J connectivity index is 1.37. The van der Waals surface area contributed by atoms with E-state index in [4.69, 9.17) is 27.9 Å². The van der Waals surface area contributed by atoms with Crippen LogP contribution in [0.4, 0.5) is 0 Å². The number of rotatable bonds is 7. The highest BCUT2D eigenvalue weighted by Gasteiger charge is 2.07. The number of ether oxygens (including phenoxy) is 1. The zero-order valence-corrected chi connectivity index (χ0v) is 18.2. The van der Waals surface area contributed by atoms with Gasteiger partial charge in [-0.25, -0.2) is 5.43 Å². The van der Waals surface area contributed by atoms with Gasteiger partial charge in [-0.15, -0.1) is 0 Å². The highest BCUT2D eigenvalue weighted by atomic mass is 35.5. The molecule has 4 rings (SSSR count). The number of hydrogen-bond acceptors (Lipinski definition) is 3. The molecule has 0 aliphatic carbocycles. The minimum absolute atomic E-state index is 0.174. The Morgan fingerprint density at radius 1 is 0.935 bits per heavy atom. The Morgan fingerprint density at radius 3 is 2.29 bits per heavy atom. The van der Waals surface area contributed by atoms with Crippen molar-refractivity contribution in [1.82, 2.24) is 5.43 Å². The van der Waals surface area contributed by atoms with Gasteiger partial charge in [0.05, 0.1) is 17.8 Å². The molecule has 0 bridgehead atoms. The van der Waals surface area contributed by atoms with Crippen LogP contribution < -0.4 is 10.2 Å². The van der Waals surface area contributed by atoms with Crippen LogP contribution in [0.2, 0.25) is 10.0 Å². The molecular formula is C25H20Cl2N2O2. The predicted octanol–water partition coefficient (Wildman–Crippen LogP) is 6.61. The summed E-state index contributed by atoms with van der Waals surface area (Å²) in [5.74, 6) is 0.374. The topological polar surface area (TPSA) is 50.7 Å². The highest BCUT2D eigenvalue weighted by molar-refractivity contribution is 6.35. The average molecular weight is 451 g/mol. The Morgan fingerprint density at radius 2 is 1.61 bits per heavy atom. The van der Waals surface area contributed by atoms with Gasteiger partial charge in [-0.05, 0) is 52.2 Å². The number of nitrogens with one attached hydrogen (secondary N) is 1. The molecule has 1 N–H and O–H groups in total. The summed E-state index contributed by atoms with van der Waals surface area (Å²) in [4.78, 5) is 12.2. The molecule has 4 aromatic rings. The Kier molecular flexibility index (Phi) is 6.70. The van der Waals surface area contributed by atoms with Crippen molar-refractivity contribution in [3.05, 3.63) is 88.4 Å². The van der Waals surface area contributed by atoms with Crippen LogP contribution in [-0.2, 0) is 4.79 Å². The zero-order chi connectivity index (χ0) is 21.6. The van der Waals surface area contributed by atoms with Crippen LogP contribution >= 0.6 is 23.2 Å². The lowest BCUT2D eigenvalue weighted by molar-refractivity contribution is -0.121. The average Bonchev–Trinajstić information content (AvgIpc) is 2.77. The summed E-state index contributed by atoms with van der Waals surface area (Å²) in [7, 11) is 0. The fraction of sp³-hybridized carbons (Fsp3) is 0.120. The summed E-state index contributed by atoms with van der Waals surface area (Å²) in [6, 6.07) is 23.5. The maximum atomic E-state index is 12.2. The molecule has 0 aromatic heterocycles.